The molecule has 2 aromatic rings. The van der Waals surface area contributed by atoms with Crippen molar-refractivity contribution in [1.82, 2.24) is 10.3 Å². The molecular formula is C20H26N2O4. The molecule has 2 N–H and O–H groups in total. The van der Waals surface area contributed by atoms with E-state index in [2.05, 4.69) is 10.3 Å². The molecule has 0 aliphatic heterocycles. The highest BCUT2D eigenvalue weighted by Gasteiger charge is 2.18. The van der Waals surface area contributed by atoms with Crippen LogP contribution < -0.4 is 14.8 Å². The predicted molar refractivity (Wildman–Crippen MR) is 99.3 cm³/mol. The van der Waals surface area contributed by atoms with Crippen molar-refractivity contribution in [1.29, 1.82) is 0 Å². The van der Waals surface area contributed by atoms with Crippen molar-refractivity contribution in [2.45, 2.75) is 39.5 Å². The van der Waals surface area contributed by atoms with Crippen molar-refractivity contribution >= 4 is 5.97 Å². The minimum Gasteiger partial charge on any atom is -0.493 e. The summed E-state index contributed by atoms with van der Waals surface area (Å²) in [5.41, 5.74) is 1.96. The number of methoxy groups -OCH3 is 1. The van der Waals surface area contributed by atoms with Gasteiger partial charge in [-0.05, 0) is 47.7 Å². The first-order valence-corrected chi connectivity index (χ1v) is 8.64. The van der Waals surface area contributed by atoms with Crippen LogP contribution in [0.4, 0.5) is 0 Å². The molecule has 1 aromatic carbocycles. The van der Waals surface area contributed by atoms with Gasteiger partial charge in [0.25, 0.3) is 0 Å². The maximum atomic E-state index is 11.3. The zero-order valence-electron chi connectivity index (χ0n) is 15.4. The second-order valence-corrected chi connectivity index (χ2v) is 6.53. The van der Waals surface area contributed by atoms with Crippen molar-refractivity contribution in [3.63, 3.8) is 0 Å². The second-order valence-electron chi connectivity index (χ2n) is 6.53. The van der Waals surface area contributed by atoms with Gasteiger partial charge in [0.15, 0.2) is 11.5 Å². The molecule has 0 saturated carbocycles. The Hall–Kier alpha value is -2.60. The van der Waals surface area contributed by atoms with E-state index in [1.807, 2.05) is 44.2 Å². The molecule has 1 aromatic heterocycles. The maximum absolute atomic E-state index is 11.3. The van der Waals surface area contributed by atoms with E-state index in [1.165, 1.54) is 0 Å². The molecule has 0 amide bonds. The van der Waals surface area contributed by atoms with Gasteiger partial charge < -0.3 is 19.9 Å². The topological polar surface area (TPSA) is 80.7 Å². The zero-order chi connectivity index (χ0) is 18.9. The first-order chi connectivity index (χ1) is 12.5. The summed E-state index contributed by atoms with van der Waals surface area (Å²) in [6, 6.07) is 8.84. The molecule has 0 aliphatic rings. The average molecular weight is 358 g/mol. The van der Waals surface area contributed by atoms with Crippen molar-refractivity contribution in [2.24, 2.45) is 5.92 Å². The molecule has 6 heteroatoms. The average Bonchev–Trinajstić information content (AvgIpc) is 2.64. The predicted octanol–water partition coefficient (Wildman–Crippen LogP) is 3.26. The molecular weight excluding hydrogens is 332 g/mol. The van der Waals surface area contributed by atoms with E-state index in [4.69, 9.17) is 9.47 Å². The van der Waals surface area contributed by atoms with E-state index in [9.17, 15) is 9.90 Å². The van der Waals surface area contributed by atoms with Crippen molar-refractivity contribution in [2.75, 3.05) is 7.11 Å². The Labute approximate surface area is 154 Å². The number of aromatic nitrogens is 1. The monoisotopic (exact) mass is 358 g/mol. The van der Waals surface area contributed by atoms with Crippen LogP contribution in [0.1, 0.15) is 31.4 Å². The number of hydrogen-bond acceptors (Lipinski definition) is 5. The SMILES string of the molecule is COc1cc(CN[C@H](CC(C)C)C(=O)O)ccc1OCc1ccncc1. The summed E-state index contributed by atoms with van der Waals surface area (Å²) in [6.45, 7) is 4.89. The van der Waals surface area contributed by atoms with Crippen molar-refractivity contribution < 1.29 is 19.4 Å². The molecule has 2 rings (SSSR count). The molecule has 6 nitrogen and oxygen atoms in total. The van der Waals surface area contributed by atoms with Gasteiger partial charge in [0.2, 0.25) is 0 Å². The zero-order valence-corrected chi connectivity index (χ0v) is 15.4. The Morgan fingerprint density at radius 3 is 2.50 bits per heavy atom. The Morgan fingerprint density at radius 1 is 1.15 bits per heavy atom. The van der Waals surface area contributed by atoms with Crippen molar-refractivity contribution in [3.05, 3.63) is 53.9 Å². The number of nitrogens with one attached hydrogen (secondary N) is 1. The van der Waals surface area contributed by atoms with E-state index in [0.29, 0.717) is 37.0 Å². The van der Waals surface area contributed by atoms with Gasteiger partial charge in [-0.3, -0.25) is 9.78 Å². The third-order valence-electron chi connectivity index (χ3n) is 3.93. The lowest BCUT2D eigenvalue weighted by Crippen LogP contribution is -2.37. The fraction of sp³-hybridized carbons (Fsp3) is 0.400. The summed E-state index contributed by atoms with van der Waals surface area (Å²) in [7, 11) is 1.59. The number of pyridine rings is 1. The van der Waals surface area contributed by atoms with E-state index >= 15 is 0 Å². The highest BCUT2D eigenvalue weighted by atomic mass is 16.5. The lowest BCUT2D eigenvalue weighted by atomic mass is 10.0. The normalized spacial score (nSPS) is 12.0. The Kier molecular flexibility index (Phi) is 7.41. The number of carbonyl (C=O) groups is 1. The van der Waals surface area contributed by atoms with Gasteiger partial charge in [-0.25, -0.2) is 0 Å². The Morgan fingerprint density at radius 2 is 1.88 bits per heavy atom. The molecule has 1 heterocycles. The molecule has 0 aliphatic carbocycles. The lowest BCUT2D eigenvalue weighted by Gasteiger charge is -2.17. The highest BCUT2D eigenvalue weighted by molar-refractivity contribution is 5.73. The summed E-state index contributed by atoms with van der Waals surface area (Å²) in [5.74, 6) is 0.740. The molecule has 140 valence electrons. The summed E-state index contributed by atoms with van der Waals surface area (Å²) in [5, 5.41) is 12.4. The summed E-state index contributed by atoms with van der Waals surface area (Å²) in [4.78, 5) is 15.3. The number of rotatable bonds is 10. The van der Waals surface area contributed by atoms with Gasteiger partial charge in [0.05, 0.1) is 7.11 Å². The van der Waals surface area contributed by atoms with E-state index < -0.39 is 12.0 Å². The van der Waals surface area contributed by atoms with Crippen LogP contribution in [-0.4, -0.2) is 29.2 Å². The van der Waals surface area contributed by atoms with Gasteiger partial charge in [0.1, 0.15) is 12.6 Å². The fourth-order valence-electron chi connectivity index (χ4n) is 2.57. The first kappa shape index (κ1) is 19.7. The van der Waals surface area contributed by atoms with E-state index in [-0.39, 0.29) is 0 Å². The molecule has 0 bridgehead atoms. The number of benzene rings is 1. The third-order valence-corrected chi connectivity index (χ3v) is 3.93. The molecule has 0 saturated heterocycles. The number of nitrogens with zero attached hydrogens (tertiary/aromatic N) is 1. The third kappa shape index (κ3) is 6.04. The van der Waals surface area contributed by atoms with Crippen LogP contribution in [0.5, 0.6) is 11.5 Å². The van der Waals surface area contributed by atoms with Crippen LogP contribution >= 0.6 is 0 Å². The van der Waals surface area contributed by atoms with Gasteiger partial charge in [-0.15, -0.1) is 0 Å². The Balaban J connectivity index is 1.99. The van der Waals surface area contributed by atoms with Gasteiger partial charge in [0, 0.05) is 18.9 Å². The van der Waals surface area contributed by atoms with Gasteiger partial charge in [-0.2, -0.15) is 0 Å². The molecule has 1 atom stereocenters. The van der Waals surface area contributed by atoms with Crippen LogP contribution in [0, 0.1) is 5.92 Å². The largest absolute Gasteiger partial charge is 0.493 e. The van der Waals surface area contributed by atoms with Crippen LogP contribution in [0.15, 0.2) is 42.7 Å². The number of hydrogen-bond donors (Lipinski definition) is 2. The quantitative estimate of drug-likeness (QED) is 0.678. The fourth-order valence-corrected chi connectivity index (χ4v) is 2.57. The van der Waals surface area contributed by atoms with E-state index in [1.54, 1.807) is 19.5 Å². The van der Waals surface area contributed by atoms with Crippen LogP contribution in [-0.2, 0) is 17.9 Å². The Bertz CT molecular complexity index is 704. The first-order valence-electron chi connectivity index (χ1n) is 8.64. The van der Waals surface area contributed by atoms with Gasteiger partial charge in [-0.1, -0.05) is 19.9 Å². The summed E-state index contributed by atoms with van der Waals surface area (Å²) < 4.78 is 11.2. The molecule has 0 unspecified atom stereocenters. The molecule has 0 radical (unpaired) electrons. The number of carboxylic acids is 1. The number of aliphatic carboxylic acids is 1. The highest BCUT2D eigenvalue weighted by Crippen LogP contribution is 2.29. The van der Waals surface area contributed by atoms with Gasteiger partial charge >= 0.3 is 5.97 Å². The minimum absolute atomic E-state index is 0.307. The number of carboxylic acid groups (broad SMARTS) is 1. The van der Waals surface area contributed by atoms with E-state index in [0.717, 1.165) is 11.1 Å². The standard InChI is InChI=1S/C20H26N2O4/c1-14(2)10-17(20(23)24)22-12-16-4-5-18(19(11-16)25-3)26-13-15-6-8-21-9-7-15/h4-9,11,14,17,22H,10,12-13H2,1-3H3,(H,23,24)/t17-/m1/s1. The number of ether oxygens (including phenoxy) is 2. The second kappa shape index (κ2) is 9.77. The smallest absolute Gasteiger partial charge is 0.320 e. The van der Waals surface area contributed by atoms with Crippen LogP contribution in [0.2, 0.25) is 0 Å². The van der Waals surface area contributed by atoms with Crippen LogP contribution in [0.3, 0.4) is 0 Å². The van der Waals surface area contributed by atoms with Crippen LogP contribution in [0.25, 0.3) is 0 Å². The van der Waals surface area contributed by atoms with Crippen molar-refractivity contribution in [3.8, 4) is 11.5 Å². The maximum Gasteiger partial charge on any atom is 0.320 e. The minimum atomic E-state index is -0.831. The summed E-state index contributed by atoms with van der Waals surface area (Å²) >= 11 is 0. The summed E-state index contributed by atoms with van der Waals surface area (Å²) in [6.07, 6.45) is 4.03. The molecule has 0 fully saturated rings. The molecule has 0 spiro atoms. The lowest BCUT2D eigenvalue weighted by molar-refractivity contribution is -0.140. The molecule has 26 heavy (non-hydrogen) atoms.